The molecule has 2 aliphatic rings. The highest BCUT2D eigenvalue weighted by Gasteiger charge is 2.46. The first-order valence-electron chi connectivity index (χ1n) is 6.14. The average Bonchev–Trinajstić information content (AvgIpc) is 3.13. The zero-order valence-electron chi connectivity index (χ0n) is 10.0. The molecule has 4 nitrogen and oxygen atoms in total. The number of halogens is 2. The number of imide groups is 1. The van der Waals surface area contributed by atoms with Crippen LogP contribution in [-0.4, -0.2) is 28.8 Å². The molecule has 0 radical (unpaired) electrons. The fraction of sp³-hybridized carbons (Fsp3) is 0.385. The van der Waals surface area contributed by atoms with Gasteiger partial charge in [-0.15, -0.1) is 0 Å². The molecular weight excluding hydrogens is 271 g/mol. The van der Waals surface area contributed by atoms with Gasteiger partial charge in [0.05, 0.1) is 11.4 Å². The third kappa shape index (κ3) is 2.30. The van der Waals surface area contributed by atoms with Crippen LogP contribution in [0.5, 0.6) is 0 Å². The van der Waals surface area contributed by atoms with E-state index in [2.05, 4.69) is 5.32 Å². The molecular formula is C13H12ClFN2O2. The highest BCUT2D eigenvalue weighted by Crippen LogP contribution is 2.32. The second-order valence-corrected chi connectivity index (χ2v) is 5.27. The summed E-state index contributed by atoms with van der Waals surface area (Å²) in [5.74, 6) is -0.926. The highest BCUT2D eigenvalue weighted by atomic mass is 35.5. The van der Waals surface area contributed by atoms with Gasteiger partial charge in [-0.05, 0) is 31.0 Å². The molecule has 0 spiro atoms. The van der Waals surface area contributed by atoms with Gasteiger partial charge in [-0.2, -0.15) is 0 Å². The third-order valence-corrected chi connectivity index (χ3v) is 3.66. The van der Waals surface area contributed by atoms with Gasteiger partial charge >= 0.3 is 0 Å². The Balaban J connectivity index is 1.74. The minimum atomic E-state index is -0.603. The van der Waals surface area contributed by atoms with Crippen molar-refractivity contribution in [2.45, 2.75) is 31.3 Å². The van der Waals surface area contributed by atoms with Crippen molar-refractivity contribution < 1.29 is 14.0 Å². The summed E-state index contributed by atoms with van der Waals surface area (Å²) in [6, 6.07) is 3.70. The van der Waals surface area contributed by atoms with E-state index in [4.69, 9.17) is 11.6 Å². The molecule has 3 rings (SSSR count). The molecule has 1 aromatic carbocycles. The van der Waals surface area contributed by atoms with E-state index in [9.17, 15) is 14.0 Å². The third-order valence-electron chi connectivity index (χ3n) is 3.36. The molecule has 0 bridgehead atoms. The molecule has 1 unspecified atom stereocenters. The van der Waals surface area contributed by atoms with Gasteiger partial charge < -0.3 is 5.32 Å². The summed E-state index contributed by atoms with van der Waals surface area (Å²) in [7, 11) is 0. The molecule has 1 N–H and O–H groups in total. The zero-order valence-corrected chi connectivity index (χ0v) is 10.8. The van der Waals surface area contributed by atoms with Crippen LogP contribution in [0.1, 0.15) is 19.3 Å². The van der Waals surface area contributed by atoms with Gasteiger partial charge in [0.1, 0.15) is 11.9 Å². The van der Waals surface area contributed by atoms with Crippen LogP contribution in [-0.2, 0) is 9.59 Å². The molecule has 2 fully saturated rings. The maximum atomic E-state index is 13.3. The van der Waals surface area contributed by atoms with Crippen LogP contribution in [0.3, 0.4) is 0 Å². The zero-order chi connectivity index (χ0) is 13.6. The monoisotopic (exact) mass is 282 g/mol. The summed E-state index contributed by atoms with van der Waals surface area (Å²) in [5.41, 5.74) is 0.450. The lowest BCUT2D eigenvalue weighted by Gasteiger charge is -2.15. The van der Waals surface area contributed by atoms with E-state index in [0.717, 1.165) is 12.8 Å². The maximum Gasteiger partial charge on any atom is 0.252 e. The van der Waals surface area contributed by atoms with Crippen molar-refractivity contribution in [1.82, 2.24) is 4.90 Å². The van der Waals surface area contributed by atoms with E-state index in [-0.39, 0.29) is 29.3 Å². The Bertz CT molecular complexity index is 560. The Morgan fingerprint density at radius 3 is 2.68 bits per heavy atom. The van der Waals surface area contributed by atoms with Crippen molar-refractivity contribution in [2.24, 2.45) is 0 Å². The summed E-state index contributed by atoms with van der Waals surface area (Å²) in [4.78, 5) is 25.2. The van der Waals surface area contributed by atoms with Crippen molar-refractivity contribution >= 4 is 29.1 Å². The van der Waals surface area contributed by atoms with Crippen molar-refractivity contribution in [2.75, 3.05) is 5.32 Å². The molecule has 1 saturated carbocycles. The van der Waals surface area contributed by atoms with Gasteiger partial charge in [-0.1, -0.05) is 11.6 Å². The van der Waals surface area contributed by atoms with E-state index in [1.54, 1.807) is 6.07 Å². The second kappa shape index (κ2) is 4.49. The van der Waals surface area contributed by atoms with Crippen LogP contribution in [0.2, 0.25) is 5.02 Å². The summed E-state index contributed by atoms with van der Waals surface area (Å²) >= 11 is 5.59. The van der Waals surface area contributed by atoms with Crippen LogP contribution < -0.4 is 5.32 Å². The number of nitrogens with zero attached hydrogens (tertiary/aromatic N) is 1. The van der Waals surface area contributed by atoms with Crippen molar-refractivity contribution in [3.8, 4) is 0 Å². The molecule has 1 aliphatic heterocycles. The van der Waals surface area contributed by atoms with E-state index in [1.807, 2.05) is 0 Å². The molecule has 1 aromatic rings. The molecule has 19 heavy (non-hydrogen) atoms. The molecule has 6 heteroatoms. The highest BCUT2D eigenvalue weighted by molar-refractivity contribution is 6.30. The van der Waals surface area contributed by atoms with Crippen LogP contribution >= 0.6 is 11.6 Å². The molecule has 100 valence electrons. The number of rotatable bonds is 3. The number of likely N-dealkylation sites (tertiary alicyclic amines) is 1. The van der Waals surface area contributed by atoms with E-state index >= 15 is 0 Å². The van der Waals surface area contributed by atoms with E-state index in [0.29, 0.717) is 5.69 Å². The lowest BCUT2D eigenvalue weighted by molar-refractivity contribution is -0.139. The smallest absolute Gasteiger partial charge is 0.252 e. The Morgan fingerprint density at radius 1 is 1.32 bits per heavy atom. The van der Waals surface area contributed by atoms with E-state index < -0.39 is 11.9 Å². The van der Waals surface area contributed by atoms with Crippen LogP contribution in [0.4, 0.5) is 10.1 Å². The Hall–Kier alpha value is -1.62. The lowest BCUT2D eigenvalue weighted by Crippen LogP contribution is -2.36. The predicted molar refractivity (Wildman–Crippen MR) is 68.3 cm³/mol. The van der Waals surface area contributed by atoms with Gasteiger partial charge in [0.2, 0.25) is 5.91 Å². The number of carbonyl (C=O) groups excluding carboxylic acids is 2. The number of benzene rings is 1. The number of hydrogen-bond acceptors (Lipinski definition) is 3. The number of hydrogen-bond donors (Lipinski definition) is 1. The second-order valence-electron chi connectivity index (χ2n) is 4.86. The first kappa shape index (κ1) is 12.4. The average molecular weight is 283 g/mol. The minimum absolute atomic E-state index is 0.0268. The van der Waals surface area contributed by atoms with Crippen LogP contribution in [0.15, 0.2) is 18.2 Å². The summed E-state index contributed by atoms with van der Waals surface area (Å²) in [6.45, 7) is 0. The van der Waals surface area contributed by atoms with Crippen molar-refractivity contribution in [3.63, 3.8) is 0 Å². The van der Waals surface area contributed by atoms with Crippen molar-refractivity contribution in [3.05, 3.63) is 29.0 Å². The van der Waals surface area contributed by atoms with Gasteiger partial charge in [0.15, 0.2) is 0 Å². The fourth-order valence-electron chi connectivity index (χ4n) is 2.27. The first-order valence-corrected chi connectivity index (χ1v) is 6.51. The fourth-order valence-corrected chi connectivity index (χ4v) is 2.38. The quantitative estimate of drug-likeness (QED) is 0.865. The molecule has 2 amide bonds. The maximum absolute atomic E-state index is 13.3. The molecule has 0 aromatic heterocycles. The van der Waals surface area contributed by atoms with Crippen LogP contribution in [0.25, 0.3) is 0 Å². The summed E-state index contributed by atoms with van der Waals surface area (Å²) in [6.07, 6.45) is 1.90. The van der Waals surface area contributed by atoms with Gasteiger partial charge in [-0.25, -0.2) is 4.39 Å². The molecule has 1 heterocycles. The number of carbonyl (C=O) groups is 2. The lowest BCUT2D eigenvalue weighted by atomic mass is 10.2. The number of nitrogens with one attached hydrogen (secondary N) is 1. The molecule has 1 aliphatic carbocycles. The van der Waals surface area contributed by atoms with Gasteiger partial charge in [-0.3, -0.25) is 14.5 Å². The molecule has 1 atom stereocenters. The Morgan fingerprint density at radius 2 is 2.05 bits per heavy atom. The standard InChI is InChI=1S/C13H12ClFN2O2/c14-9-4-1-7(5-10(9)15)16-11-6-12(18)17(13(11)19)8-2-3-8/h1,4-5,8,11,16H,2-3,6H2. The topological polar surface area (TPSA) is 49.4 Å². The summed E-state index contributed by atoms with van der Waals surface area (Å²) < 4.78 is 13.3. The van der Waals surface area contributed by atoms with E-state index in [1.165, 1.54) is 17.0 Å². The number of anilines is 1. The minimum Gasteiger partial charge on any atom is -0.373 e. The van der Waals surface area contributed by atoms with Gasteiger partial charge in [0, 0.05) is 11.7 Å². The van der Waals surface area contributed by atoms with Gasteiger partial charge in [0.25, 0.3) is 5.91 Å². The Labute approximate surface area is 114 Å². The largest absolute Gasteiger partial charge is 0.373 e. The SMILES string of the molecule is O=C1CC(Nc2ccc(Cl)c(F)c2)C(=O)N1C1CC1. The predicted octanol–water partition coefficient (Wildman–Crippen LogP) is 2.18. The first-order chi connectivity index (χ1) is 9.06. The Kier molecular flexibility index (Phi) is 2.93. The number of amides is 2. The van der Waals surface area contributed by atoms with Crippen LogP contribution in [0, 0.1) is 5.82 Å². The van der Waals surface area contributed by atoms with Crippen molar-refractivity contribution in [1.29, 1.82) is 0 Å². The summed E-state index contributed by atoms with van der Waals surface area (Å²) in [5, 5.41) is 2.92. The molecule has 1 saturated heterocycles. The normalized spacial score (nSPS) is 23.1.